The van der Waals surface area contributed by atoms with Crippen molar-refractivity contribution in [2.45, 2.75) is 12.0 Å². The van der Waals surface area contributed by atoms with Gasteiger partial charge >= 0.3 is 0 Å². The van der Waals surface area contributed by atoms with Gasteiger partial charge < -0.3 is 19.7 Å². The molecule has 4 rings (SSSR count). The number of nitrogens with zero attached hydrogens (tertiary/aromatic N) is 1. The lowest BCUT2D eigenvalue weighted by molar-refractivity contribution is -0.119. The molecule has 0 spiro atoms. The lowest BCUT2D eigenvalue weighted by Crippen LogP contribution is -2.47. The summed E-state index contributed by atoms with van der Waals surface area (Å²) in [6.07, 6.45) is 0. The molecule has 0 saturated heterocycles. The molecule has 0 fully saturated rings. The van der Waals surface area contributed by atoms with Crippen LogP contribution in [0.25, 0.3) is 0 Å². The predicted molar refractivity (Wildman–Crippen MR) is 121 cm³/mol. The van der Waals surface area contributed by atoms with Crippen LogP contribution in [0.2, 0.25) is 0 Å². The van der Waals surface area contributed by atoms with E-state index in [9.17, 15) is 9.59 Å². The minimum atomic E-state index is -0.939. The Balaban J connectivity index is 1.82. The Morgan fingerprint density at radius 1 is 1.16 bits per heavy atom. The van der Waals surface area contributed by atoms with Crippen LogP contribution in [0, 0.1) is 5.82 Å². The molecule has 2 aromatic carbocycles. The highest BCUT2D eigenvalue weighted by Crippen LogP contribution is 2.45. The number of hydrogen-bond acceptors (Lipinski definition) is 5. The lowest BCUT2D eigenvalue weighted by Gasteiger charge is -2.41. The Labute approximate surface area is 189 Å². The molecule has 6 nitrogen and oxygen atoms in total. The molecule has 0 bridgehead atoms. The summed E-state index contributed by atoms with van der Waals surface area (Å²) in [4.78, 5) is 29.4. The van der Waals surface area contributed by atoms with Gasteiger partial charge in [0.15, 0.2) is 0 Å². The van der Waals surface area contributed by atoms with Gasteiger partial charge in [-0.1, -0.05) is 18.2 Å². The number of hydrogen-bond donors (Lipinski definition) is 1. The van der Waals surface area contributed by atoms with E-state index in [-0.39, 0.29) is 23.6 Å². The maximum atomic E-state index is 15.1. The standard InChI is InChI=1S/C24H23FN2O4S/c1-30-12-11-27-22(19-10-5-13-32-19)21(20-17(24(27)29)8-4-9-18(20)25)23(28)26-15-6-3-7-16(14-15)31-2/h3-10,13-14,21-22H,11-12H2,1-2H3,(H,26,28). The van der Waals surface area contributed by atoms with Gasteiger partial charge in [0, 0.05) is 41.4 Å². The van der Waals surface area contributed by atoms with Crippen LogP contribution < -0.4 is 10.1 Å². The average Bonchev–Trinajstić information content (AvgIpc) is 3.33. The van der Waals surface area contributed by atoms with Crippen LogP contribution in [-0.4, -0.2) is 44.1 Å². The van der Waals surface area contributed by atoms with Crippen LogP contribution in [0.4, 0.5) is 10.1 Å². The Kier molecular flexibility index (Phi) is 6.53. The maximum Gasteiger partial charge on any atom is 0.254 e. The average molecular weight is 455 g/mol. The van der Waals surface area contributed by atoms with Crippen LogP contribution in [0.3, 0.4) is 0 Å². The molecule has 1 N–H and O–H groups in total. The first-order valence-electron chi connectivity index (χ1n) is 10.1. The monoisotopic (exact) mass is 454 g/mol. The number of carbonyl (C=O) groups is 2. The third kappa shape index (κ3) is 4.11. The number of nitrogens with one attached hydrogen (secondary N) is 1. The van der Waals surface area contributed by atoms with Crippen molar-refractivity contribution in [3.8, 4) is 5.75 Å². The number of carbonyl (C=O) groups excluding carboxylic acids is 2. The molecular weight excluding hydrogens is 431 g/mol. The van der Waals surface area contributed by atoms with Gasteiger partial charge in [-0.3, -0.25) is 9.59 Å². The summed E-state index contributed by atoms with van der Waals surface area (Å²) in [5.74, 6) is -1.65. The molecule has 0 saturated carbocycles. The smallest absolute Gasteiger partial charge is 0.254 e. The number of amides is 2. The fourth-order valence-electron chi connectivity index (χ4n) is 4.06. The normalized spacial score (nSPS) is 17.7. The molecular formula is C24H23FN2O4S. The van der Waals surface area contributed by atoms with Crippen molar-refractivity contribution < 1.29 is 23.5 Å². The van der Waals surface area contributed by atoms with Gasteiger partial charge in [0.2, 0.25) is 5.91 Å². The molecule has 8 heteroatoms. The van der Waals surface area contributed by atoms with Crippen LogP contribution in [0.15, 0.2) is 60.0 Å². The van der Waals surface area contributed by atoms with Gasteiger partial charge in [0.05, 0.1) is 25.7 Å². The number of benzene rings is 2. The number of halogens is 1. The predicted octanol–water partition coefficient (Wildman–Crippen LogP) is 4.46. The highest BCUT2D eigenvalue weighted by Gasteiger charge is 2.46. The Morgan fingerprint density at radius 3 is 2.69 bits per heavy atom. The molecule has 0 radical (unpaired) electrons. The molecule has 0 aliphatic carbocycles. The van der Waals surface area contributed by atoms with Crippen molar-refractivity contribution in [3.05, 3.63) is 81.8 Å². The van der Waals surface area contributed by atoms with E-state index < -0.39 is 23.7 Å². The third-order valence-electron chi connectivity index (χ3n) is 5.50. The summed E-state index contributed by atoms with van der Waals surface area (Å²) in [5, 5.41) is 4.76. The first-order valence-corrected chi connectivity index (χ1v) is 11.0. The number of methoxy groups -OCH3 is 2. The Morgan fingerprint density at radius 2 is 1.97 bits per heavy atom. The van der Waals surface area contributed by atoms with Gasteiger partial charge in [0.25, 0.3) is 5.91 Å². The van der Waals surface area contributed by atoms with Gasteiger partial charge in [0.1, 0.15) is 11.6 Å². The van der Waals surface area contributed by atoms with Crippen LogP contribution in [-0.2, 0) is 9.53 Å². The van der Waals surface area contributed by atoms with Gasteiger partial charge in [-0.15, -0.1) is 11.3 Å². The van der Waals surface area contributed by atoms with E-state index in [0.717, 1.165) is 4.88 Å². The van der Waals surface area contributed by atoms with Crippen LogP contribution in [0.1, 0.15) is 32.8 Å². The second-order valence-electron chi connectivity index (χ2n) is 7.35. The third-order valence-corrected chi connectivity index (χ3v) is 6.44. The van der Waals surface area contributed by atoms with E-state index in [2.05, 4.69) is 5.32 Å². The number of rotatable bonds is 7. The molecule has 2 unspecified atom stereocenters. The zero-order valence-corrected chi connectivity index (χ0v) is 18.5. The zero-order chi connectivity index (χ0) is 22.7. The quantitative estimate of drug-likeness (QED) is 0.572. The Bertz CT molecular complexity index is 1120. The van der Waals surface area contributed by atoms with E-state index in [0.29, 0.717) is 18.0 Å². The summed E-state index contributed by atoms with van der Waals surface area (Å²) >= 11 is 1.43. The van der Waals surface area contributed by atoms with Crippen molar-refractivity contribution in [3.63, 3.8) is 0 Å². The molecule has 3 aromatic rings. The minimum Gasteiger partial charge on any atom is -0.497 e. The number of ether oxygens (including phenoxy) is 2. The van der Waals surface area contributed by atoms with E-state index in [1.165, 1.54) is 23.5 Å². The lowest BCUT2D eigenvalue weighted by atomic mass is 9.81. The van der Waals surface area contributed by atoms with Crippen molar-refractivity contribution in [1.82, 2.24) is 4.90 Å². The number of thiophene rings is 1. The first kappa shape index (κ1) is 22.0. The molecule has 1 aromatic heterocycles. The molecule has 2 atom stereocenters. The summed E-state index contributed by atoms with van der Waals surface area (Å²) < 4.78 is 25.6. The summed E-state index contributed by atoms with van der Waals surface area (Å²) in [5.41, 5.74) is 0.835. The molecule has 1 aliphatic rings. The van der Waals surface area contributed by atoms with Crippen molar-refractivity contribution >= 4 is 28.8 Å². The summed E-state index contributed by atoms with van der Waals surface area (Å²) in [6.45, 7) is 0.569. The van der Waals surface area contributed by atoms with Gasteiger partial charge in [-0.2, -0.15) is 0 Å². The molecule has 32 heavy (non-hydrogen) atoms. The van der Waals surface area contributed by atoms with E-state index in [1.807, 2.05) is 17.5 Å². The van der Waals surface area contributed by atoms with Crippen LogP contribution >= 0.6 is 11.3 Å². The molecule has 1 aliphatic heterocycles. The fraction of sp³-hybridized carbons (Fsp3) is 0.250. The largest absolute Gasteiger partial charge is 0.497 e. The topological polar surface area (TPSA) is 67.9 Å². The minimum absolute atomic E-state index is 0.116. The number of fused-ring (bicyclic) bond motifs is 1. The van der Waals surface area contributed by atoms with Crippen LogP contribution in [0.5, 0.6) is 5.75 Å². The second kappa shape index (κ2) is 9.50. The fourth-order valence-corrected chi connectivity index (χ4v) is 4.94. The molecule has 2 heterocycles. The first-order chi connectivity index (χ1) is 15.5. The SMILES string of the molecule is COCCN1C(=O)c2cccc(F)c2C(C(=O)Nc2cccc(OC)c2)C1c1cccs1. The van der Waals surface area contributed by atoms with E-state index in [1.54, 1.807) is 49.5 Å². The van der Waals surface area contributed by atoms with E-state index in [4.69, 9.17) is 9.47 Å². The summed E-state index contributed by atoms with van der Waals surface area (Å²) in [7, 11) is 3.09. The van der Waals surface area contributed by atoms with Gasteiger partial charge in [-0.25, -0.2) is 4.39 Å². The maximum absolute atomic E-state index is 15.1. The van der Waals surface area contributed by atoms with Crippen molar-refractivity contribution in [1.29, 1.82) is 0 Å². The second-order valence-corrected chi connectivity index (χ2v) is 8.33. The number of anilines is 1. The van der Waals surface area contributed by atoms with Gasteiger partial charge in [-0.05, 0) is 35.7 Å². The zero-order valence-electron chi connectivity index (χ0n) is 17.7. The Hall–Kier alpha value is -3.23. The highest BCUT2D eigenvalue weighted by atomic mass is 32.1. The van der Waals surface area contributed by atoms with Crippen molar-refractivity contribution in [2.24, 2.45) is 0 Å². The van der Waals surface area contributed by atoms with Crippen molar-refractivity contribution in [2.75, 3.05) is 32.7 Å². The molecule has 166 valence electrons. The molecule has 2 amide bonds. The van der Waals surface area contributed by atoms with E-state index >= 15 is 4.39 Å². The highest BCUT2D eigenvalue weighted by molar-refractivity contribution is 7.10. The summed E-state index contributed by atoms with van der Waals surface area (Å²) in [6, 6.07) is 14.4.